The highest BCUT2D eigenvalue weighted by molar-refractivity contribution is 5.76. The zero-order valence-electron chi connectivity index (χ0n) is 11.8. The number of nitrogens with zero attached hydrogens (tertiary/aromatic N) is 1. The van der Waals surface area contributed by atoms with Crippen LogP contribution in [0.5, 0.6) is 0 Å². The topological polar surface area (TPSA) is 32.3 Å². The molecule has 1 amide bonds. The molecule has 0 fully saturated rings. The second-order valence-electron chi connectivity index (χ2n) is 5.71. The van der Waals surface area contributed by atoms with Gasteiger partial charge in [0.25, 0.3) is 0 Å². The Balaban J connectivity index is 3.80. The lowest BCUT2D eigenvalue weighted by Gasteiger charge is -2.23. The number of nitrogens with one attached hydrogen (secondary N) is 1. The van der Waals surface area contributed by atoms with Crippen LogP contribution in [-0.4, -0.2) is 36.5 Å². The van der Waals surface area contributed by atoms with Gasteiger partial charge in [-0.05, 0) is 26.7 Å². The highest BCUT2D eigenvalue weighted by atomic mass is 16.2. The molecule has 0 spiro atoms. The molecule has 1 N–H and O–H groups in total. The molecule has 1 unspecified atom stereocenters. The number of hydrogen-bond donors (Lipinski definition) is 1. The van der Waals surface area contributed by atoms with E-state index in [0.717, 1.165) is 19.5 Å². The number of carbonyl (C=O) groups excluding carboxylic acids is 1. The normalized spacial score (nSPS) is 13.6. The summed E-state index contributed by atoms with van der Waals surface area (Å²) >= 11 is 0. The van der Waals surface area contributed by atoms with E-state index in [1.54, 1.807) is 0 Å². The van der Waals surface area contributed by atoms with Gasteiger partial charge in [-0.3, -0.25) is 4.79 Å². The van der Waals surface area contributed by atoms with E-state index in [2.05, 4.69) is 39.9 Å². The predicted octanol–water partition coefficient (Wildman–Crippen LogP) is 2.27. The molecule has 96 valence electrons. The maximum absolute atomic E-state index is 11.8. The van der Waals surface area contributed by atoms with Gasteiger partial charge in [0.1, 0.15) is 0 Å². The number of hydrogen-bond acceptors (Lipinski definition) is 2. The van der Waals surface area contributed by atoms with Crippen molar-refractivity contribution in [1.29, 1.82) is 0 Å². The van der Waals surface area contributed by atoms with Gasteiger partial charge >= 0.3 is 0 Å². The van der Waals surface area contributed by atoms with E-state index in [0.29, 0.717) is 12.3 Å². The van der Waals surface area contributed by atoms with Crippen LogP contribution in [0, 0.1) is 5.92 Å². The lowest BCUT2D eigenvalue weighted by atomic mass is 10.1. The second kappa shape index (κ2) is 6.89. The molecule has 3 heteroatoms. The summed E-state index contributed by atoms with van der Waals surface area (Å²) in [6.45, 7) is 12.3. The largest absolute Gasteiger partial charge is 0.345 e. The maximum Gasteiger partial charge on any atom is 0.223 e. The molecular weight excluding hydrogens is 200 g/mol. The zero-order valence-corrected chi connectivity index (χ0v) is 11.8. The SMILES string of the molecule is CCC(C)CN(C)C(=O)CCNC(C)(C)C. The minimum atomic E-state index is 0.0928. The van der Waals surface area contributed by atoms with E-state index in [9.17, 15) is 4.79 Å². The summed E-state index contributed by atoms with van der Waals surface area (Å²) < 4.78 is 0. The predicted molar refractivity (Wildman–Crippen MR) is 69.5 cm³/mol. The number of carbonyl (C=O) groups is 1. The van der Waals surface area contributed by atoms with E-state index in [4.69, 9.17) is 0 Å². The minimum Gasteiger partial charge on any atom is -0.345 e. The summed E-state index contributed by atoms with van der Waals surface area (Å²) in [5.41, 5.74) is 0.0928. The molecule has 3 nitrogen and oxygen atoms in total. The van der Waals surface area contributed by atoms with Crippen LogP contribution in [0.2, 0.25) is 0 Å². The van der Waals surface area contributed by atoms with E-state index in [-0.39, 0.29) is 11.4 Å². The fraction of sp³-hybridized carbons (Fsp3) is 0.923. The van der Waals surface area contributed by atoms with Gasteiger partial charge in [-0.25, -0.2) is 0 Å². The van der Waals surface area contributed by atoms with Gasteiger partial charge in [0.15, 0.2) is 0 Å². The summed E-state index contributed by atoms with van der Waals surface area (Å²) in [5, 5.41) is 3.33. The fourth-order valence-electron chi connectivity index (χ4n) is 1.43. The molecular formula is C13H28N2O. The second-order valence-corrected chi connectivity index (χ2v) is 5.71. The molecule has 16 heavy (non-hydrogen) atoms. The summed E-state index contributed by atoms with van der Waals surface area (Å²) in [6.07, 6.45) is 1.71. The Kier molecular flexibility index (Phi) is 6.65. The zero-order chi connectivity index (χ0) is 12.8. The smallest absolute Gasteiger partial charge is 0.223 e. The third kappa shape index (κ3) is 7.69. The molecule has 0 bridgehead atoms. The maximum atomic E-state index is 11.8. The Labute approximate surface area is 101 Å². The molecule has 0 saturated carbocycles. The van der Waals surface area contributed by atoms with Crippen LogP contribution in [0.15, 0.2) is 0 Å². The molecule has 0 saturated heterocycles. The first-order valence-corrected chi connectivity index (χ1v) is 6.25. The monoisotopic (exact) mass is 228 g/mol. The molecule has 0 aromatic heterocycles. The van der Waals surface area contributed by atoms with E-state index in [1.807, 2.05) is 11.9 Å². The highest BCUT2D eigenvalue weighted by Gasteiger charge is 2.13. The van der Waals surface area contributed by atoms with Gasteiger partial charge in [-0.2, -0.15) is 0 Å². The fourth-order valence-corrected chi connectivity index (χ4v) is 1.43. The van der Waals surface area contributed by atoms with Crippen molar-refractivity contribution < 1.29 is 4.79 Å². The quantitative estimate of drug-likeness (QED) is 0.756. The van der Waals surface area contributed by atoms with Gasteiger partial charge in [0, 0.05) is 32.1 Å². The molecule has 0 aliphatic carbocycles. The van der Waals surface area contributed by atoms with Crippen LogP contribution in [-0.2, 0) is 4.79 Å². The first kappa shape index (κ1) is 15.4. The third-order valence-electron chi connectivity index (χ3n) is 2.70. The molecule has 0 aliphatic rings. The van der Waals surface area contributed by atoms with Crippen molar-refractivity contribution in [1.82, 2.24) is 10.2 Å². The van der Waals surface area contributed by atoms with E-state index >= 15 is 0 Å². The lowest BCUT2D eigenvalue weighted by molar-refractivity contribution is -0.130. The molecule has 0 aromatic rings. The van der Waals surface area contributed by atoms with Crippen LogP contribution in [0.4, 0.5) is 0 Å². The van der Waals surface area contributed by atoms with E-state index < -0.39 is 0 Å². The molecule has 0 rings (SSSR count). The number of amides is 1. The van der Waals surface area contributed by atoms with Gasteiger partial charge < -0.3 is 10.2 Å². The average molecular weight is 228 g/mol. The van der Waals surface area contributed by atoms with Crippen LogP contribution < -0.4 is 5.32 Å². The van der Waals surface area contributed by atoms with Gasteiger partial charge in [0.05, 0.1) is 0 Å². The van der Waals surface area contributed by atoms with Crippen molar-refractivity contribution in [2.24, 2.45) is 5.92 Å². The van der Waals surface area contributed by atoms with Crippen molar-refractivity contribution in [3.05, 3.63) is 0 Å². The van der Waals surface area contributed by atoms with Crippen molar-refractivity contribution in [2.75, 3.05) is 20.1 Å². The van der Waals surface area contributed by atoms with Crippen molar-refractivity contribution >= 4 is 5.91 Å². The van der Waals surface area contributed by atoms with Crippen molar-refractivity contribution in [3.63, 3.8) is 0 Å². The Hall–Kier alpha value is -0.570. The average Bonchev–Trinajstić information content (AvgIpc) is 2.15. The van der Waals surface area contributed by atoms with Gasteiger partial charge in [-0.15, -0.1) is 0 Å². The highest BCUT2D eigenvalue weighted by Crippen LogP contribution is 2.04. The molecule has 0 radical (unpaired) electrons. The van der Waals surface area contributed by atoms with Crippen LogP contribution in [0.25, 0.3) is 0 Å². The van der Waals surface area contributed by atoms with Crippen LogP contribution in [0.3, 0.4) is 0 Å². The van der Waals surface area contributed by atoms with Crippen molar-refractivity contribution in [3.8, 4) is 0 Å². The molecule has 1 atom stereocenters. The van der Waals surface area contributed by atoms with Gasteiger partial charge in [0.2, 0.25) is 5.91 Å². The Morgan fingerprint density at radius 1 is 1.38 bits per heavy atom. The molecule has 0 heterocycles. The van der Waals surface area contributed by atoms with Crippen molar-refractivity contribution in [2.45, 2.75) is 53.0 Å². The molecule has 0 aromatic carbocycles. The van der Waals surface area contributed by atoms with Crippen LogP contribution in [0.1, 0.15) is 47.5 Å². The summed E-state index contributed by atoms with van der Waals surface area (Å²) in [7, 11) is 1.89. The summed E-state index contributed by atoms with van der Waals surface area (Å²) in [5.74, 6) is 0.821. The summed E-state index contributed by atoms with van der Waals surface area (Å²) in [6, 6.07) is 0. The third-order valence-corrected chi connectivity index (χ3v) is 2.70. The number of rotatable bonds is 6. The van der Waals surface area contributed by atoms with E-state index in [1.165, 1.54) is 0 Å². The van der Waals surface area contributed by atoms with Crippen LogP contribution >= 0.6 is 0 Å². The first-order chi connectivity index (χ1) is 7.26. The summed E-state index contributed by atoms with van der Waals surface area (Å²) in [4.78, 5) is 13.6. The lowest BCUT2D eigenvalue weighted by Crippen LogP contribution is -2.39. The Bertz CT molecular complexity index is 208. The first-order valence-electron chi connectivity index (χ1n) is 6.25. The minimum absolute atomic E-state index is 0.0928. The Morgan fingerprint density at radius 3 is 2.38 bits per heavy atom. The van der Waals surface area contributed by atoms with Gasteiger partial charge in [-0.1, -0.05) is 20.3 Å². The Morgan fingerprint density at radius 2 is 1.94 bits per heavy atom. The molecule has 0 aliphatic heterocycles. The standard InChI is InChI=1S/C13H28N2O/c1-7-11(2)10-15(6)12(16)8-9-14-13(3,4)5/h11,14H,7-10H2,1-6H3.